The smallest absolute Gasteiger partial charge is 0.270 e. The van der Waals surface area contributed by atoms with E-state index in [1.165, 1.54) is 4.57 Å². The van der Waals surface area contributed by atoms with Crippen molar-refractivity contribution in [3.8, 4) is 17.1 Å². The van der Waals surface area contributed by atoms with Crippen LogP contribution in [0.4, 0.5) is 0 Å². The molecule has 2 heterocycles. The van der Waals surface area contributed by atoms with Crippen LogP contribution in [0.15, 0.2) is 89.9 Å². The van der Waals surface area contributed by atoms with Crippen LogP contribution in [-0.2, 0) is 0 Å². The maximum absolute atomic E-state index is 13.5. The van der Waals surface area contributed by atoms with E-state index in [1.807, 2.05) is 47.0 Å². The quantitative estimate of drug-likeness (QED) is 0.307. The van der Waals surface area contributed by atoms with Crippen LogP contribution in [0, 0.1) is 4.77 Å². The van der Waals surface area contributed by atoms with Gasteiger partial charge in [0.15, 0.2) is 10.4 Å². The van der Waals surface area contributed by atoms with Crippen molar-refractivity contribution in [1.82, 2.24) is 18.9 Å². The van der Waals surface area contributed by atoms with Crippen molar-refractivity contribution < 1.29 is 0 Å². The molecule has 0 unspecified atom stereocenters. The van der Waals surface area contributed by atoms with Gasteiger partial charge in [-0.2, -0.15) is 5.10 Å². The Bertz CT molecular complexity index is 1520. The zero-order chi connectivity index (χ0) is 21.5. The van der Waals surface area contributed by atoms with Crippen molar-refractivity contribution in [3.63, 3.8) is 0 Å². The molecule has 0 aliphatic heterocycles. The molecule has 152 valence electrons. The topological polar surface area (TPSA) is 44.8 Å². The molecule has 0 saturated carbocycles. The van der Waals surface area contributed by atoms with Crippen molar-refractivity contribution in [2.24, 2.45) is 0 Å². The average Bonchev–Trinajstić information content (AvgIpc) is 3.22. The van der Waals surface area contributed by atoms with Crippen molar-refractivity contribution in [2.45, 2.75) is 0 Å². The van der Waals surface area contributed by atoms with Gasteiger partial charge >= 0.3 is 0 Å². The monoisotopic (exact) mass is 464 g/mol. The molecule has 31 heavy (non-hydrogen) atoms. The summed E-state index contributed by atoms with van der Waals surface area (Å²) in [5, 5.41) is 6.12. The fourth-order valence-corrected chi connectivity index (χ4v) is 4.14. The van der Waals surface area contributed by atoms with Gasteiger partial charge in [0, 0.05) is 15.7 Å². The second-order valence-corrected chi connectivity index (χ2v) is 8.08. The van der Waals surface area contributed by atoms with Crippen molar-refractivity contribution in [2.75, 3.05) is 0 Å². The standard InChI is InChI=1S/C23H14Cl2N4OS/c24-15-6-10-17(11-7-15)27-21-20(14-26-29(21)19-4-2-1-3-5-19)22(30)28(23(27)31)18-12-8-16(25)9-13-18/h1-14H. The Labute approximate surface area is 192 Å². The number of hydrogen-bond donors (Lipinski definition) is 0. The van der Waals surface area contributed by atoms with E-state index in [2.05, 4.69) is 5.10 Å². The van der Waals surface area contributed by atoms with Gasteiger partial charge < -0.3 is 0 Å². The first-order valence-corrected chi connectivity index (χ1v) is 10.5. The molecular weight excluding hydrogens is 451 g/mol. The van der Waals surface area contributed by atoms with E-state index in [-0.39, 0.29) is 5.56 Å². The molecule has 0 saturated heterocycles. The molecule has 5 aromatic rings. The summed E-state index contributed by atoms with van der Waals surface area (Å²) in [7, 11) is 0. The van der Waals surface area contributed by atoms with Gasteiger partial charge in [-0.05, 0) is 72.9 Å². The first kappa shape index (κ1) is 19.8. The van der Waals surface area contributed by atoms with Gasteiger partial charge in [0.25, 0.3) is 5.56 Å². The highest BCUT2D eigenvalue weighted by Gasteiger charge is 2.19. The summed E-state index contributed by atoms with van der Waals surface area (Å²) >= 11 is 18.0. The average molecular weight is 465 g/mol. The number of para-hydroxylation sites is 1. The van der Waals surface area contributed by atoms with E-state index in [0.717, 1.165) is 11.4 Å². The number of rotatable bonds is 3. The molecule has 0 spiro atoms. The molecule has 0 fully saturated rings. The summed E-state index contributed by atoms with van der Waals surface area (Å²) in [6.45, 7) is 0. The summed E-state index contributed by atoms with van der Waals surface area (Å²) in [4.78, 5) is 13.5. The molecular formula is C23H14Cl2N4OS. The van der Waals surface area contributed by atoms with Crippen molar-refractivity contribution in [1.29, 1.82) is 0 Å². The second-order valence-electron chi connectivity index (χ2n) is 6.84. The van der Waals surface area contributed by atoms with Crippen LogP contribution in [-0.4, -0.2) is 18.9 Å². The molecule has 0 radical (unpaired) electrons. The van der Waals surface area contributed by atoms with Crippen LogP contribution in [0.25, 0.3) is 28.1 Å². The maximum atomic E-state index is 13.5. The number of halogens is 2. The van der Waals surface area contributed by atoms with Crippen LogP contribution < -0.4 is 5.56 Å². The molecule has 2 aromatic heterocycles. The van der Waals surface area contributed by atoms with Crippen molar-refractivity contribution >= 4 is 46.5 Å². The molecule has 3 aromatic carbocycles. The van der Waals surface area contributed by atoms with Crippen LogP contribution in [0.3, 0.4) is 0 Å². The minimum Gasteiger partial charge on any atom is -0.270 e. The van der Waals surface area contributed by atoms with Crippen LogP contribution in [0.2, 0.25) is 10.0 Å². The summed E-state index contributed by atoms with van der Waals surface area (Å²) in [5.74, 6) is 0. The van der Waals surface area contributed by atoms with E-state index in [9.17, 15) is 4.79 Å². The molecule has 0 bridgehead atoms. The molecule has 0 aliphatic rings. The Morgan fingerprint density at radius 1 is 0.710 bits per heavy atom. The molecule has 5 rings (SSSR count). The van der Waals surface area contributed by atoms with E-state index < -0.39 is 0 Å². The van der Waals surface area contributed by atoms with E-state index >= 15 is 0 Å². The highest BCUT2D eigenvalue weighted by Crippen LogP contribution is 2.23. The molecule has 5 nitrogen and oxygen atoms in total. The predicted molar refractivity (Wildman–Crippen MR) is 127 cm³/mol. The van der Waals surface area contributed by atoms with Gasteiger partial charge in [0.1, 0.15) is 5.39 Å². The van der Waals surface area contributed by atoms with Gasteiger partial charge in [-0.1, -0.05) is 41.4 Å². The van der Waals surface area contributed by atoms with E-state index in [4.69, 9.17) is 35.4 Å². The SMILES string of the molecule is O=c1c2cnn(-c3ccccc3)c2n(-c2ccc(Cl)cc2)c(=S)n1-c1ccc(Cl)cc1. The fourth-order valence-electron chi connectivity index (χ4n) is 3.50. The Hall–Kier alpha value is -3.19. The Morgan fingerprint density at radius 3 is 1.84 bits per heavy atom. The van der Waals surface area contributed by atoms with Crippen LogP contribution >= 0.6 is 35.4 Å². The van der Waals surface area contributed by atoms with Crippen molar-refractivity contribution in [3.05, 3.63) is 110 Å². The van der Waals surface area contributed by atoms with E-state index in [0.29, 0.717) is 31.5 Å². The number of nitrogens with zero attached hydrogens (tertiary/aromatic N) is 4. The molecule has 0 atom stereocenters. The van der Waals surface area contributed by atoms with Gasteiger partial charge in [-0.25, -0.2) is 4.68 Å². The summed E-state index contributed by atoms with van der Waals surface area (Å²) in [6.07, 6.45) is 1.57. The van der Waals surface area contributed by atoms with Crippen LogP contribution in [0.5, 0.6) is 0 Å². The first-order valence-electron chi connectivity index (χ1n) is 9.38. The summed E-state index contributed by atoms with van der Waals surface area (Å²) in [6, 6.07) is 23.9. The minimum atomic E-state index is -0.255. The predicted octanol–water partition coefficient (Wildman–Crippen LogP) is 6.00. The molecule has 0 N–H and O–H groups in total. The zero-order valence-electron chi connectivity index (χ0n) is 15.9. The third-order valence-corrected chi connectivity index (χ3v) is 5.81. The third kappa shape index (κ3) is 3.39. The lowest BCUT2D eigenvalue weighted by Gasteiger charge is -2.16. The summed E-state index contributed by atoms with van der Waals surface area (Å²) < 4.78 is 5.34. The fraction of sp³-hybridized carbons (Fsp3) is 0. The number of benzene rings is 3. The normalized spacial score (nSPS) is 11.2. The number of aromatic nitrogens is 4. The molecule has 0 amide bonds. The summed E-state index contributed by atoms with van der Waals surface area (Å²) in [5.41, 5.74) is 2.53. The maximum Gasteiger partial charge on any atom is 0.270 e. The lowest BCUT2D eigenvalue weighted by molar-refractivity contribution is 0.828. The largest absolute Gasteiger partial charge is 0.270 e. The molecule has 0 aliphatic carbocycles. The lowest BCUT2D eigenvalue weighted by Crippen LogP contribution is -2.24. The van der Waals surface area contributed by atoms with Gasteiger partial charge in [-0.15, -0.1) is 0 Å². The highest BCUT2D eigenvalue weighted by molar-refractivity contribution is 7.71. The van der Waals surface area contributed by atoms with Gasteiger partial charge in [0.2, 0.25) is 0 Å². The van der Waals surface area contributed by atoms with E-state index in [1.54, 1.807) is 47.3 Å². The highest BCUT2D eigenvalue weighted by atomic mass is 35.5. The van der Waals surface area contributed by atoms with Gasteiger partial charge in [-0.3, -0.25) is 13.9 Å². The second kappa shape index (κ2) is 7.81. The molecule has 8 heteroatoms. The Balaban J connectivity index is 1.93. The Kier molecular flexibility index (Phi) is 4.98. The third-order valence-electron chi connectivity index (χ3n) is 4.94. The number of fused-ring (bicyclic) bond motifs is 1. The lowest BCUT2D eigenvalue weighted by atomic mass is 10.2. The number of hydrogen-bond acceptors (Lipinski definition) is 3. The van der Waals surface area contributed by atoms with Gasteiger partial charge in [0.05, 0.1) is 17.6 Å². The minimum absolute atomic E-state index is 0.255. The first-order chi connectivity index (χ1) is 15.0. The van der Waals surface area contributed by atoms with Crippen LogP contribution in [0.1, 0.15) is 0 Å². The Morgan fingerprint density at radius 2 is 1.26 bits per heavy atom. The zero-order valence-corrected chi connectivity index (χ0v) is 18.3.